The molecule has 3 aliphatic carbocycles. The summed E-state index contributed by atoms with van der Waals surface area (Å²) in [4.78, 5) is 0. The van der Waals surface area contributed by atoms with Crippen molar-refractivity contribution >= 4 is 0 Å². The van der Waals surface area contributed by atoms with Crippen LogP contribution in [-0.2, 0) is 0 Å². The number of hydrogen-bond acceptors (Lipinski definition) is 3. The van der Waals surface area contributed by atoms with Gasteiger partial charge in [-0.1, -0.05) is 74.6 Å². The third-order valence-corrected chi connectivity index (χ3v) is 7.93. The van der Waals surface area contributed by atoms with E-state index >= 15 is 0 Å². The first-order valence-electron chi connectivity index (χ1n) is 11.9. The molecule has 3 aliphatic rings. The molecule has 3 rings (SSSR count). The van der Waals surface area contributed by atoms with E-state index in [2.05, 4.69) is 44.7 Å². The number of hydrogen-bond donors (Lipinski definition) is 3. The first-order chi connectivity index (χ1) is 14.9. The second-order valence-electron chi connectivity index (χ2n) is 9.90. The number of rotatable bonds is 6. The summed E-state index contributed by atoms with van der Waals surface area (Å²) in [5.41, 5.74) is 3.64. The lowest BCUT2D eigenvalue weighted by molar-refractivity contribution is 0.0862. The zero-order chi connectivity index (χ0) is 22.4. The summed E-state index contributed by atoms with van der Waals surface area (Å²) >= 11 is 0. The number of fused-ring (bicyclic) bond motifs is 1. The van der Waals surface area contributed by atoms with E-state index in [-0.39, 0.29) is 6.61 Å². The Morgan fingerprint density at radius 2 is 1.90 bits per heavy atom. The van der Waals surface area contributed by atoms with Crippen molar-refractivity contribution in [2.75, 3.05) is 6.61 Å². The molecule has 3 fully saturated rings. The van der Waals surface area contributed by atoms with E-state index < -0.39 is 12.2 Å². The van der Waals surface area contributed by atoms with Crippen LogP contribution >= 0.6 is 0 Å². The first kappa shape index (κ1) is 24.0. The van der Waals surface area contributed by atoms with Gasteiger partial charge in [0.05, 0.1) is 18.8 Å². The van der Waals surface area contributed by atoms with E-state index in [1.165, 1.54) is 31.3 Å². The van der Waals surface area contributed by atoms with E-state index in [0.717, 1.165) is 17.6 Å². The predicted octanol–water partition coefficient (Wildman–Crippen LogP) is 5.42. The maximum absolute atomic E-state index is 10.1. The highest BCUT2D eigenvalue weighted by Gasteiger charge is 2.50. The molecule has 0 unspecified atom stereocenters. The van der Waals surface area contributed by atoms with E-state index in [4.69, 9.17) is 5.11 Å². The molecule has 31 heavy (non-hydrogen) atoms. The third-order valence-electron chi connectivity index (χ3n) is 7.93. The second kappa shape index (κ2) is 10.8. The lowest BCUT2D eigenvalue weighted by atomic mass is 9.61. The van der Waals surface area contributed by atoms with E-state index in [1.54, 1.807) is 6.08 Å². The monoisotopic (exact) mass is 424 g/mol. The normalized spacial score (nSPS) is 38.2. The molecular formula is C28H40O3. The Balaban J connectivity index is 1.72. The van der Waals surface area contributed by atoms with Crippen LogP contribution in [0.2, 0.25) is 0 Å². The molecule has 0 bridgehead atoms. The molecule has 3 N–H and O–H groups in total. The van der Waals surface area contributed by atoms with Crippen molar-refractivity contribution in [1.29, 1.82) is 0 Å². The smallest absolute Gasteiger partial charge is 0.0811 e. The van der Waals surface area contributed by atoms with Crippen molar-refractivity contribution in [3.63, 3.8) is 0 Å². The van der Waals surface area contributed by atoms with Crippen LogP contribution in [0.5, 0.6) is 0 Å². The molecule has 0 radical (unpaired) electrons. The quantitative estimate of drug-likeness (QED) is 0.499. The molecule has 3 saturated carbocycles. The van der Waals surface area contributed by atoms with Crippen LogP contribution in [0, 0.1) is 23.2 Å². The lowest BCUT2D eigenvalue weighted by Gasteiger charge is -2.44. The maximum atomic E-state index is 10.1. The molecule has 170 valence electrons. The van der Waals surface area contributed by atoms with Crippen LogP contribution in [0.1, 0.15) is 58.8 Å². The van der Waals surface area contributed by atoms with Gasteiger partial charge in [-0.2, -0.15) is 0 Å². The van der Waals surface area contributed by atoms with Crippen LogP contribution < -0.4 is 0 Å². The minimum atomic E-state index is -0.623. The van der Waals surface area contributed by atoms with Gasteiger partial charge in [0, 0.05) is 6.42 Å². The van der Waals surface area contributed by atoms with Gasteiger partial charge in [0.15, 0.2) is 0 Å². The maximum Gasteiger partial charge on any atom is 0.0811 e. The third kappa shape index (κ3) is 5.58. The number of aliphatic hydroxyl groups is 3. The molecule has 6 atom stereocenters. The fraction of sp³-hybridized carbons (Fsp3) is 0.571. The highest BCUT2D eigenvalue weighted by atomic mass is 16.3. The summed E-state index contributed by atoms with van der Waals surface area (Å²) in [6.45, 7) is 8.97. The number of aliphatic hydroxyl groups excluding tert-OH is 3. The summed E-state index contributed by atoms with van der Waals surface area (Å²) in [6.07, 6.45) is 22.5. The van der Waals surface area contributed by atoms with Crippen LogP contribution in [0.25, 0.3) is 0 Å². The van der Waals surface area contributed by atoms with Gasteiger partial charge in [-0.05, 0) is 72.8 Å². The summed E-state index contributed by atoms with van der Waals surface area (Å²) in [7, 11) is 0. The molecule has 0 aromatic rings. The van der Waals surface area contributed by atoms with Gasteiger partial charge in [-0.3, -0.25) is 0 Å². The van der Waals surface area contributed by atoms with Crippen LogP contribution in [0.15, 0.2) is 71.9 Å². The fourth-order valence-corrected chi connectivity index (χ4v) is 6.25. The van der Waals surface area contributed by atoms with Crippen molar-refractivity contribution in [3.8, 4) is 0 Å². The Hall–Kier alpha value is -1.68. The zero-order valence-electron chi connectivity index (χ0n) is 19.2. The van der Waals surface area contributed by atoms with E-state index in [1.807, 2.05) is 18.2 Å². The highest BCUT2D eigenvalue weighted by Crippen LogP contribution is 2.59. The SMILES string of the molecule is C=C1/C(=C\C=C2/CCC[C@]3(C)[C@@H]([C@H](C)/C=C/C=C/C=C/CO)CC[C@@H]23)C[C@@H](O)C[C@@H]1O. The Labute approximate surface area is 188 Å². The van der Waals surface area contributed by atoms with E-state index in [0.29, 0.717) is 36.0 Å². The molecule has 0 heterocycles. The van der Waals surface area contributed by atoms with Gasteiger partial charge in [0.2, 0.25) is 0 Å². The zero-order valence-corrected chi connectivity index (χ0v) is 19.2. The fourth-order valence-electron chi connectivity index (χ4n) is 6.25. The molecule has 0 aromatic heterocycles. The molecule has 3 heteroatoms. The first-order valence-corrected chi connectivity index (χ1v) is 11.9. The van der Waals surface area contributed by atoms with Crippen molar-refractivity contribution < 1.29 is 15.3 Å². The predicted molar refractivity (Wildman–Crippen MR) is 128 cm³/mol. The average molecular weight is 425 g/mol. The van der Waals surface area contributed by atoms with Gasteiger partial charge in [-0.25, -0.2) is 0 Å². The van der Waals surface area contributed by atoms with Crippen LogP contribution in [0.3, 0.4) is 0 Å². The van der Waals surface area contributed by atoms with Crippen molar-refractivity contribution in [1.82, 2.24) is 0 Å². The summed E-state index contributed by atoms with van der Waals surface area (Å²) in [6, 6.07) is 0. The van der Waals surface area contributed by atoms with Gasteiger partial charge < -0.3 is 15.3 Å². The minimum Gasteiger partial charge on any atom is -0.393 e. The number of allylic oxidation sites excluding steroid dienone is 8. The van der Waals surface area contributed by atoms with Gasteiger partial charge >= 0.3 is 0 Å². The molecule has 0 aromatic carbocycles. The topological polar surface area (TPSA) is 60.7 Å². The summed E-state index contributed by atoms with van der Waals surface area (Å²) < 4.78 is 0. The van der Waals surface area contributed by atoms with Crippen molar-refractivity contribution in [3.05, 3.63) is 71.9 Å². The van der Waals surface area contributed by atoms with Crippen LogP contribution in [0.4, 0.5) is 0 Å². The average Bonchev–Trinajstić information content (AvgIpc) is 3.09. The Kier molecular flexibility index (Phi) is 8.32. The summed E-state index contributed by atoms with van der Waals surface area (Å²) in [5.74, 6) is 1.83. The molecule has 3 nitrogen and oxygen atoms in total. The Bertz CT molecular complexity index is 784. The second-order valence-corrected chi connectivity index (χ2v) is 9.90. The largest absolute Gasteiger partial charge is 0.393 e. The standard InChI is InChI=1S/C28H40O3/c1-20(10-7-5-4-6-8-17-29)25-14-15-26-22(11-9-16-28(25,26)3)12-13-23-18-24(30)19-27(31)21(23)2/h4-8,10,12-13,20,24-27,29-31H,2,9,11,14-19H2,1,3H3/b5-4+,8-6+,10-7+,22-12+,23-13-/t20-,24-,25-,26+,27+,28-/m1/s1. The Morgan fingerprint density at radius 1 is 1.13 bits per heavy atom. The van der Waals surface area contributed by atoms with Crippen molar-refractivity contribution in [2.24, 2.45) is 23.2 Å². The highest BCUT2D eigenvalue weighted by molar-refractivity contribution is 5.38. The Morgan fingerprint density at radius 3 is 2.68 bits per heavy atom. The lowest BCUT2D eigenvalue weighted by Crippen LogP contribution is -2.35. The molecule has 0 spiro atoms. The molecule has 0 amide bonds. The van der Waals surface area contributed by atoms with Gasteiger partial charge in [-0.15, -0.1) is 0 Å². The van der Waals surface area contributed by atoms with Crippen molar-refractivity contribution in [2.45, 2.75) is 71.0 Å². The molecule has 0 saturated heterocycles. The minimum absolute atomic E-state index is 0.0775. The van der Waals surface area contributed by atoms with E-state index in [9.17, 15) is 10.2 Å². The van der Waals surface area contributed by atoms with Crippen LogP contribution in [-0.4, -0.2) is 34.1 Å². The summed E-state index contributed by atoms with van der Waals surface area (Å²) in [5, 5.41) is 29.0. The van der Waals surface area contributed by atoms with Gasteiger partial charge in [0.25, 0.3) is 0 Å². The molecular weight excluding hydrogens is 384 g/mol. The van der Waals surface area contributed by atoms with Gasteiger partial charge in [0.1, 0.15) is 0 Å². The molecule has 0 aliphatic heterocycles.